The molecule has 4 aromatic rings. The van der Waals surface area contributed by atoms with E-state index < -0.39 is 0 Å². The number of hydrogen-bond donors (Lipinski definition) is 0. The summed E-state index contributed by atoms with van der Waals surface area (Å²) in [6.07, 6.45) is 7.28. The molecule has 0 spiro atoms. The number of rotatable bonds is 7. The zero-order valence-corrected chi connectivity index (χ0v) is 20.6. The average molecular weight is 482 g/mol. The third-order valence-corrected chi connectivity index (χ3v) is 6.49. The fraction of sp³-hybridized carbons (Fsp3) is 0.310. The number of anilines is 1. The Labute approximate surface area is 211 Å². The summed E-state index contributed by atoms with van der Waals surface area (Å²) in [7, 11) is 0. The molecule has 0 aliphatic carbocycles. The lowest BCUT2D eigenvalue weighted by Crippen LogP contribution is -2.34. The van der Waals surface area contributed by atoms with Crippen molar-refractivity contribution < 1.29 is 9.32 Å². The molecule has 1 saturated heterocycles. The zero-order chi connectivity index (χ0) is 24.7. The van der Waals surface area contributed by atoms with Crippen molar-refractivity contribution in [1.82, 2.24) is 20.0 Å². The van der Waals surface area contributed by atoms with E-state index in [1.54, 1.807) is 6.08 Å². The molecule has 2 aromatic heterocycles. The minimum atomic E-state index is 0.0344. The van der Waals surface area contributed by atoms with Gasteiger partial charge in [0, 0.05) is 44.2 Å². The van der Waals surface area contributed by atoms with Crippen LogP contribution in [0.3, 0.4) is 0 Å². The molecule has 0 N–H and O–H groups in total. The zero-order valence-electron chi connectivity index (χ0n) is 20.6. The monoisotopic (exact) mass is 481 g/mol. The number of fused-ring (bicyclic) bond motifs is 1. The summed E-state index contributed by atoms with van der Waals surface area (Å²) < 4.78 is 5.72. The van der Waals surface area contributed by atoms with Crippen LogP contribution in [0, 0.1) is 0 Å². The molecule has 0 atom stereocenters. The van der Waals surface area contributed by atoms with Crippen molar-refractivity contribution in [3.05, 3.63) is 78.1 Å². The van der Waals surface area contributed by atoms with Crippen molar-refractivity contribution in [1.29, 1.82) is 0 Å². The molecule has 184 valence electrons. The summed E-state index contributed by atoms with van der Waals surface area (Å²) in [6, 6.07) is 19.9. The van der Waals surface area contributed by atoms with Gasteiger partial charge in [-0.2, -0.15) is 4.98 Å². The Morgan fingerprint density at radius 3 is 2.53 bits per heavy atom. The first-order valence-corrected chi connectivity index (χ1v) is 12.7. The first-order valence-electron chi connectivity index (χ1n) is 12.7. The van der Waals surface area contributed by atoms with Crippen LogP contribution in [-0.4, -0.2) is 52.1 Å². The number of carbonyl (C=O) groups excluding carboxylic acids is 1. The van der Waals surface area contributed by atoms with Crippen LogP contribution >= 0.6 is 0 Å². The Kier molecular flexibility index (Phi) is 7.36. The maximum absolute atomic E-state index is 12.9. The van der Waals surface area contributed by atoms with Crippen LogP contribution in [0.1, 0.15) is 37.6 Å². The van der Waals surface area contributed by atoms with Crippen molar-refractivity contribution in [3.63, 3.8) is 0 Å². The Balaban J connectivity index is 1.42. The first kappa shape index (κ1) is 23.7. The van der Waals surface area contributed by atoms with Crippen molar-refractivity contribution >= 4 is 28.9 Å². The number of carbonyl (C=O) groups is 1. The maximum atomic E-state index is 12.9. The summed E-state index contributed by atoms with van der Waals surface area (Å²) in [5, 5.41) is 5.22. The van der Waals surface area contributed by atoms with E-state index in [0.29, 0.717) is 25.3 Å². The van der Waals surface area contributed by atoms with Crippen molar-refractivity contribution in [3.8, 4) is 11.3 Å². The summed E-state index contributed by atoms with van der Waals surface area (Å²) in [6.45, 7) is 4.98. The van der Waals surface area contributed by atoms with E-state index in [2.05, 4.69) is 17.0 Å². The quantitative estimate of drug-likeness (QED) is 0.330. The lowest BCUT2D eigenvalue weighted by molar-refractivity contribution is -0.125. The van der Waals surface area contributed by atoms with E-state index in [1.807, 2.05) is 71.6 Å². The number of unbranched alkanes of at least 4 members (excludes halogenated alkanes) is 1. The van der Waals surface area contributed by atoms with E-state index in [-0.39, 0.29) is 5.91 Å². The Hall–Kier alpha value is -4.00. The lowest BCUT2D eigenvalue weighted by Gasteiger charge is -2.23. The Bertz CT molecular complexity index is 1330. The van der Waals surface area contributed by atoms with Crippen LogP contribution in [0.5, 0.6) is 0 Å². The normalized spacial score (nSPS) is 14.5. The van der Waals surface area contributed by atoms with Crippen LogP contribution in [0.15, 0.2) is 71.3 Å². The standard InChI is InChI=1S/C29H31N5O2/c1-2-3-15-24-30-28(26-27(32-36-29(26)31-24)23-13-8-5-9-14-23)34-19-10-18-33(20-21-34)25(35)17-16-22-11-6-4-7-12-22/h4-9,11-14,16-17H,2-3,10,15,18-21H2,1H3/b17-16+. The maximum Gasteiger partial charge on any atom is 0.263 e. The second-order valence-corrected chi connectivity index (χ2v) is 9.05. The summed E-state index contributed by atoms with van der Waals surface area (Å²) >= 11 is 0. The molecule has 0 radical (unpaired) electrons. The van der Waals surface area contributed by atoms with Gasteiger partial charge in [0.15, 0.2) is 0 Å². The van der Waals surface area contributed by atoms with Gasteiger partial charge in [0.05, 0.1) is 0 Å². The van der Waals surface area contributed by atoms with E-state index >= 15 is 0 Å². The summed E-state index contributed by atoms with van der Waals surface area (Å²) in [5.74, 6) is 1.66. The highest BCUT2D eigenvalue weighted by atomic mass is 16.5. The van der Waals surface area contributed by atoms with Crippen LogP contribution in [0.25, 0.3) is 28.4 Å². The molecule has 7 nitrogen and oxygen atoms in total. The largest absolute Gasteiger partial charge is 0.354 e. The topological polar surface area (TPSA) is 75.4 Å². The van der Waals surface area contributed by atoms with Crippen molar-refractivity contribution in [2.24, 2.45) is 0 Å². The predicted molar refractivity (Wildman–Crippen MR) is 143 cm³/mol. The molecule has 3 heterocycles. The van der Waals surface area contributed by atoms with E-state index in [4.69, 9.17) is 14.5 Å². The molecule has 2 aromatic carbocycles. The number of hydrogen-bond acceptors (Lipinski definition) is 6. The van der Waals surface area contributed by atoms with Gasteiger partial charge in [0.25, 0.3) is 5.71 Å². The summed E-state index contributed by atoms with van der Waals surface area (Å²) in [4.78, 5) is 26.8. The smallest absolute Gasteiger partial charge is 0.263 e. The first-order chi connectivity index (χ1) is 17.7. The van der Waals surface area contributed by atoms with Gasteiger partial charge in [-0.3, -0.25) is 4.79 Å². The molecule has 1 fully saturated rings. The van der Waals surface area contributed by atoms with Gasteiger partial charge in [0.1, 0.15) is 22.7 Å². The van der Waals surface area contributed by atoms with Gasteiger partial charge in [-0.15, -0.1) is 0 Å². The van der Waals surface area contributed by atoms with Gasteiger partial charge in [-0.05, 0) is 24.5 Å². The van der Waals surface area contributed by atoms with Crippen LogP contribution < -0.4 is 4.90 Å². The van der Waals surface area contributed by atoms with Crippen LogP contribution in [-0.2, 0) is 11.2 Å². The molecular formula is C29H31N5O2. The number of nitrogens with zero attached hydrogens (tertiary/aromatic N) is 5. The third-order valence-electron chi connectivity index (χ3n) is 6.49. The molecular weight excluding hydrogens is 450 g/mol. The highest BCUT2D eigenvalue weighted by molar-refractivity contribution is 5.98. The predicted octanol–water partition coefficient (Wildman–Crippen LogP) is 5.38. The molecule has 1 aliphatic heterocycles. The second kappa shape index (κ2) is 11.2. The molecule has 5 rings (SSSR count). The Morgan fingerprint density at radius 1 is 0.972 bits per heavy atom. The van der Waals surface area contributed by atoms with E-state index in [1.165, 1.54) is 0 Å². The fourth-order valence-corrected chi connectivity index (χ4v) is 4.53. The van der Waals surface area contributed by atoms with Crippen LogP contribution in [0.2, 0.25) is 0 Å². The van der Waals surface area contributed by atoms with Gasteiger partial charge in [-0.1, -0.05) is 79.2 Å². The molecule has 0 bridgehead atoms. The van der Waals surface area contributed by atoms with E-state index in [0.717, 1.165) is 66.1 Å². The number of benzene rings is 2. The highest BCUT2D eigenvalue weighted by Gasteiger charge is 2.25. The van der Waals surface area contributed by atoms with Crippen molar-refractivity contribution in [2.45, 2.75) is 32.6 Å². The number of aryl methyl sites for hydroxylation is 1. The summed E-state index contributed by atoms with van der Waals surface area (Å²) in [5.41, 5.74) is 3.27. The average Bonchev–Trinajstić information content (AvgIpc) is 3.20. The van der Waals surface area contributed by atoms with Crippen LogP contribution in [0.4, 0.5) is 5.82 Å². The lowest BCUT2D eigenvalue weighted by atomic mass is 10.1. The van der Waals surface area contributed by atoms with E-state index in [9.17, 15) is 4.79 Å². The second-order valence-electron chi connectivity index (χ2n) is 9.05. The highest BCUT2D eigenvalue weighted by Crippen LogP contribution is 2.34. The number of aromatic nitrogens is 3. The van der Waals surface area contributed by atoms with Crippen molar-refractivity contribution in [2.75, 3.05) is 31.1 Å². The minimum Gasteiger partial charge on any atom is -0.354 e. The number of amides is 1. The van der Waals surface area contributed by atoms with Gasteiger partial charge >= 0.3 is 0 Å². The molecule has 7 heteroatoms. The van der Waals surface area contributed by atoms with Gasteiger partial charge < -0.3 is 14.3 Å². The molecule has 1 aliphatic rings. The Morgan fingerprint density at radius 2 is 1.75 bits per heavy atom. The fourth-order valence-electron chi connectivity index (χ4n) is 4.53. The molecule has 0 saturated carbocycles. The molecule has 0 unspecified atom stereocenters. The molecule has 1 amide bonds. The van der Waals surface area contributed by atoms with Gasteiger partial charge in [-0.25, -0.2) is 4.98 Å². The molecule has 36 heavy (non-hydrogen) atoms. The SMILES string of the molecule is CCCCc1nc(N2CCCN(C(=O)/C=C/c3ccccc3)CC2)c2c(-c3ccccc3)noc2n1. The third kappa shape index (κ3) is 5.30. The van der Waals surface area contributed by atoms with Gasteiger partial charge in [0.2, 0.25) is 5.91 Å². The minimum absolute atomic E-state index is 0.0344.